The molecule has 2 rings (SSSR count). The van der Waals surface area contributed by atoms with Gasteiger partial charge in [0.15, 0.2) is 9.84 Å². The van der Waals surface area contributed by atoms with Crippen LogP contribution in [0.15, 0.2) is 41.3 Å². The van der Waals surface area contributed by atoms with Gasteiger partial charge in [-0.2, -0.15) is 0 Å². The normalized spacial score (nSPS) is 11.2. The summed E-state index contributed by atoms with van der Waals surface area (Å²) in [4.78, 5) is 12.3. The van der Waals surface area contributed by atoms with E-state index in [1.165, 1.54) is 12.1 Å². The Hall–Kier alpha value is -2.61. The van der Waals surface area contributed by atoms with Crippen LogP contribution in [0.5, 0.6) is 5.75 Å². The van der Waals surface area contributed by atoms with Crippen LogP contribution in [0.1, 0.15) is 11.1 Å². The van der Waals surface area contributed by atoms with Crippen molar-refractivity contribution < 1.29 is 18.1 Å². The van der Waals surface area contributed by atoms with E-state index in [2.05, 4.69) is 0 Å². The maximum atomic E-state index is 11.6. The monoisotopic (exact) mass is 378 g/mol. The number of benzene rings is 2. The van der Waals surface area contributed by atoms with E-state index in [0.29, 0.717) is 18.8 Å². The van der Waals surface area contributed by atoms with Crippen LogP contribution in [0.3, 0.4) is 0 Å². The minimum absolute atomic E-state index is 0.0761. The summed E-state index contributed by atoms with van der Waals surface area (Å²) in [5, 5.41) is 11.3. The van der Waals surface area contributed by atoms with E-state index in [1.54, 1.807) is 11.9 Å². The molecule has 140 valence electrons. The van der Waals surface area contributed by atoms with Crippen molar-refractivity contribution in [3.8, 4) is 5.75 Å². The number of sulfone groups is 1. The lowest BCUT2D eigenvalue weighted by atomic mass is 10.1. The Labute approximate surface area is 153 Å². The molecular formula is C18H22N2O5S. The molecule has 0 atom stereocenters. The first kappa shape index (κ1) is 19.7. The maximum Gasteiger partial charge on any atom is 0.293 e. The molecule has 0 radical (unpaired) electrons. The zero-order chi connectivity index (χ0) is 19.5. The number of nitro benzene ring substituents is 1. The van der Waals surface area contributed by atoms with E-state index in [-0.39, 0.29) is 10.6 Å². The van der Waals surface area contributed by atoms with Gasteiger partial charge in [0.25, 0.3) is 5.69 Å². The van der Waals surface area contributed by atoms with E-state index in [1.807, 2.05) is 32.0 Å². The smallest absolute Gasteiger partial charge is 0.293 e. The molecule has 2 aromatic rings. The molecule has 0 fully saturated rings. The molecule has 0 saturated carbocycles. The van der Waals surface area contributed by atoms with Gasteiger partial charge in [-0.15, -0.1) is 0 Å². The lowest BCUT2D eigenvalue weighted by Crippen LogP contribution is -2.24. The predicted molar refractivity (Wildman–Crippen MR) is 101 cm³/mol. The first-order chi connectivity index (χ1) is 12.1. The third-order valence-electron chi connectivity index (χ3n) is 3.87. The highest BCUT2D eigenvalue weighted by Gasteiger charge is 2.21. The summed E-state index contributed by atoms with van der Waals surface area (Å²) in [6, 6.07) is 9.81. The highest BCUT2D eigenvalue weighted by molar-refractivity contribution is 7.90. The first-order valence-electron chi connectivity index (χ1n) is 7.98. The summed E-state index contributed by atoms with van der Waals surface area (Å²) in [5.41, 5.74) is 2.29. The van der Waals surface area contributed by atoms with Gasteiger partial charge in [0.1, 0.15) is 18.0 Å². The maximum absolute atomic E-state index is 11.6. The van der Waals surface area contributed by atoms with Gasteiger partial charge in [-0.05, 0) is 49.2 Å². The molecule has 0 heterocycles. The molecule has 26 heavy (non-hydrogen) atoms. The molecule has 0 unspecified atom stereocenters. The van der Waals surface area contributed by atoms with Crippen molar-refractivity contribution in [2.45, 2.75) is 18.7 Å². The lowest BCUT2D eigenvalue weighted by Gasteiger charge is -2.20. The fraction of sp³-hybridized carbons (Fsp3) is 0.333. The molecule has 0 aliphatic carbocycles. The fourth-order valence-electron chi connectivity index (χ4n) is 2.64. The molecule has 0 aromatic heterocycles. The van der Waals surface area contributed by atoms with Crippen molar-refractivity contribution in [1.29, 1.82) is 0 Å². The van der Waals surface area contributed by atoms with Gasteiger partial charge in [0, 0.05) is 19.4 Å². The number of hydrogen-bond donors (Lipinski definition) is 0. The second-order valence-corrected chi connectivity index (χ2v) is 8.29. The highest BCUT2D eigenvalue weighted by Crippen LogP contribution is 2.30. The average Bonchev–Trinajstić information content (AvgIpc) is 2.52. The molecule has 0 saturated heterocycles. The summed E-state index contributed by atoms with van der Waals surface area (Å²) in [5.74, 6) is 0.748. The number of nitrogens with zero attached hydrogens (tertiary/aromatic N) is 2. The molecule has 0 amide bonds. The predicted octanol–water partition coefficient (Wildman–Crippen LogP) is 3.13. The Morgan fingerprint density at radius 2 is 1.73 bits per heavy atom. The van der Waals surface area contributed by atoms with Crippen molar-refractivity contribution in [3.63, 3.8) is 0 Å². The number of ether oxygens (including phenoxy) is 1. The largest absolute Gasteiger partial charge is 0.492 e. The highest BCUT2D eigenvalue weighted by atomic mass is 32.2. The van der Waals surface area contributed by atoms with Crippen molar-refractivity contribution in [2.24, 2.45) is 0 Å². The number of aryl methyl sites for hydroxylation is 2. The topological polar surface area (TPSA) is 89.8 Å². The number of anilines is 1. The van der Waals surface area contributed by atoms with Crippen LogP contribution in [0, 0.1) is 24.0 Å². The first-order valence-corrected chi connectivity index (χ1v) is 9.88. The molecular weight excluding hydrogens is 356 g/mol. The fourth-order valence-corrected chi connectivity index (χ4v) is 3.28. The van der Waals surface area contributed by atoms with Crippen LogP contribution in [0.4, 0.5) is 11.4 Å². The molecule has 0 N–H and O–H groups in total. The minimum Gasteiger partial charge on any atom is -0.492 e. The van der Waals surface area contributed by atoms with E-state index in [9.17, 15) is 18.5 Å². The van der Waals surface area contributed by atoms with Crippen LogP contribution in [0.25, 0.3) is 0 Å². The van der Waals surface area contributed by atoms with Gasteiger partial charge < -0.3 is 9.64 Å². The Morgan fingerprint density at radius 3 is 2.27 bits per heavy atom. The SMILES string of the molecule is Cc1cc(C)cc(OCCN(C)c2ccc(S(C)(=O)=O)cc2[N+](=O)[O-])c1. The second-order valence-electron chi connectivity index (χ2n) is 6.27. The molecule has 8 heteroatoms. The van der Waals surface area contributed by atoms with E-state index in [0.717, 1.165) is 29.2 Å². The van der Waals surface area contributed by atoms with Crippen molar-refractivity contribution >= 4 is 21.2 Å². The minimum atomic E-state index is -3.51. The number of rotatable bonds is 7. The molecule has 0 bridgehead atoms. The van der Waals surface area contributed by atoms with Crippen LogP contribution in [-0.2, 0) is 9.84 Å². The van der Waals surface area contributed by atoms with Gasteiger partial charge in [0.2, 0.25) is 0 Å². The van der Waals surface area contributed by atoms with Crippen molar-refractivity contribution in [3.05, 3.63) is 57.6 Å². The summed E-state index contributed by atoms with van der Waals surface area (Å²) >= 11 is 0. The lowest BCUT2D eigenvalue weighted by molar-refractivity contribution is -0.384. The summed E-state index contributed by atoms with van der Waals surface area (Å²) < 4.78 is 29.0. The standard InChI is InChI=1S/C18H22N2O5S/c1-13-9-14(2)11-15(10-13)25-8-7-19(3)17-6-5-16(26(4,23)24)12-18(17)20(21)22/h5-6,9-12H,7-8H2,1-4H3. The Balaban J connectivity index is 2.13. The van der Waals surface area contributed by atoms with Gasteiger partial charge in [-0.25, -0.2) is 8.42 Å². The number of likely N-dealkylation sites (N-methyl/N-ethyl adjacent to an activating group) is 1. The summed E-state index contributed by atoms with van der Waals surface area (Å²) in [6.07, 6.45) is 1.02. The van der Waals surface area contributed by atoms with Gasteiger partial charge in [0.05, 0.1) is 16.4 Å². The van der Waals surface area contributed by atoms with Crippen molar-refractivity contribution in [2.75, 3.05) is 31.4 Å². The second kappa shape index (κ2) is 7.74. The molecule has 0 aliphatic heterocycles. The summed E-state index contributed by atoms with van der Waals surface area (Å²) in [7, 11) is -1.81. The van der Waals surface area contributed by atoms with Crippen LogP contribution >= 0.6 is 0 Å². The Bertz CT molecular complexity index is 905. The van der Waals surface area contributed by atoms with Gasteiger partial charge >= 0.3 is 0 Å². The zero-order valence-corrected chi connectivity index (χ0v) is 16.0. The quantitative estimate of drug-likeness (QED) is 0.543. The van der Waals surface area contributed by atoms with Crippen LogP contribution < -0.4 is 9.64 Å². The Morgan fingerprint density at radius 1 is 1.12 bits per heavy atom. The molecule has 7 nitrogen and oxygen atoms in total. The van der Waals surface area contributed by atoms with Gasteiger partial charge in [-0.1, -0.05) is 6.07 Å². The van der Waals surface area contributed by atoms with E-state index in [4.69, 9.17) is 4.74 Å². The van der Waals surface area contributed by atoms with Crippen molar-refractivity contribution in [1.82, 2.24) is 0 Å². The van der Waals surface area contributed by atoms with Crippen LogP contribution in [-0.4, -0.2) is 39.8 Å². The molecule has 0 aliphatic rings. The summed E-state index contributed by atoms with van der Waals surface area (Å²) in [6.45, 7) is 4.72. The number of hydrogen-bond acceptors (Lipinski definition) is 6. The van der Waals surface area contributed by atoms with Gasteiger partial charge in [-0.3, -0.25) is 10.1 Å². The van der Waals surface area contributed by atoms with Crippen LogP contribution in [0.2, 0.25) is 0 Å². The average molecular weight is 378 g/mol. The Kier molecular flexibility index (Phi) is 5.86. The van der Waals surface area contributed by atoms with E-state index < -0.39 is 14.8 Å². The third-order valence-corrected chi connectivity index (χ3v) is 4.98. The molecule has 0 spiro atoms. The third kappa shape index (κ3) is 4.95. The molecule has 2 aromatic carbocycles. The number of nitro groups is 1. The van der Waals surface area contributed by atoms with E-state index >= 15 is 0 Å². The zero-order valence-electron chi connectivity index (χ0n) is 15.2.